The number of para-hydroxylation sites is 1. The van der Waals surface area contributed by atoms with Crippen molar-refractivity contribution in [3.8, 4) is 11.5 Å². The van der Waals surface area contributed by atoms with Crippen LogP contribution in [0.1, 0.15) is 30.9 Å². The molecule has 4 heteroatoms. The molecule has 25 heavy (non-hydrogen) atoms. The fraction of sp³-hybridized carbons (Fsp3) is 0.286. The number of hydrogen-bond donors (Lipinski definition) is 1. The second-order valence-electron chi connectivity index (χ2n) is 6.06. The van der Waals surface area contributed by atoms with Crippen LogP contribution in [0.25, 0.3) is 0 Å². The van der Waals surface area contributed by atoms with E-state index >= 15 is 0 Å². The van der Waals surface area contributed by atoms with E-state index in [9.17, 15) is 4.79 Å². The van der Waals surface area contributed by atoms with Crippen LogP contribution in [0.2, 0.25) is 0 Å². The Morgan fingerprint density at radius 1 is 1.20 bits per heavy atom. The van der Waals surface area contributed by atoms with Crippen LogP contribution in [0.5, 0.6) is 11.5 Å². The first-order valence-electron chi connectivity index (χ1n) is 8.34. The van der Waals surface area contributed by atoms with Crippen molar-refractivity contribution in [2.75, 3.05) is 19.0 Å². The van der Waals surface area contributed by atoms with E-state index in [2.05, 4.69) is 25.7 Å². The van der Waals surface area contributed by atoms with Crippen LogP contribution in [0.3, 0.4) is 0 Å². The van der Waals surface area contributed by atoms with Gasteiger partial charge < -0.3 is 14.8 Å². The van der Waals surface area contributed by atoms with Crippen LogP contribution in [-0.2, 0) is 11.2 Å². The minimum Gasteiger partial charge on any atom is -0.493 e. The summed E-state index contributed by atoms with van der Waals surface area (Å²) in [6, 6.07) is 13.4. The minimum atomic E-state index is -0.203. The average molecular weight is 339 g/mol. The Morgan fingerprint density at radius 2 is 1.96 bits per heavy atom. The largest absolute Gasteiger partial charge is 0.493 e. The molecule has 2 aromatic carbocycles. The van der Waals surface area contributed by atoms with E-state index in [-0.39, 0.29) is 12.5 Å². The molecule has 0 heterocycles. The Bertz CT molecular complexity index is 738. The monoisotopic (exact) mass is 339 g/mol. The van der Waals surface area contributed by atoms with E-state index in [1.807, 2.05) is 48.5 Å². The standard InChI is InChI=1S/C21H25NO3/c1-5-8-16-11-12-19(20(13-16)24-4)25-14-21(23)22-18-10-7-6-9-17(18)15(2)3/h5-7,9-13,15H,1,8,14H2,2-4H3,(H,22,23). The molecule has 2 aromatic rings. The number of nitrogens with one attached hydrogen (secondary N) is 1. The van der Waals surface area contributed by atoms with Gasteiger partial charge in [0.1, 0.15) is 0 Å². The number of ether oxygens (including phenoxy) is 2. The quantitative estimate of drug-likeness (QED) is 0.717. The van der Waals surface area contributed by atoms with Gasteiger partial charge in [-0.05, 0) is 41.7 Å². The molecule has 0 radical (unpaired) electrons. The van der Waals surface area contributed by atoms with Gasteiger partial charge >= 0.3 is 0 Å². The topological polar surface area (TPSA) is 47.6 Å². The summed E-state index contributed by atoms with van der Waals surface area (Å²) in [5, 5.41) is 2.91. The molecule has 0 atom stereocenters. The maximum Gasteiger partial charge on any atom is 0.262 e. The molecule has 0 aliphatic heterocycles. The maximum atomic E-state index is 12.2. The number of hydrogen-bond acceptors (Lipinski definition) is 3. The highest BCUT2D eigenvalue weighted by molar-refractivity contribution is 5.92. The van der Waals surface area contributed by atoms with E-state index < -0.39 is 0 Å². The molecule has 2 rings (SSSR count). The molecule has 0 unspecified atom stereocenters. The summed E-state index contributed by atoms with van der Waals surface area (Å²) in [6.45, 7) is 7.84. The fourth-order valence-corrected chi connectivity index (χ4v) is 2.57. The first-order valence-corrected chi connectivity index (χ1v) is 8.34. The molecule has 0 bridgehead atoms. The van der Waals surface area contributed by atoms with Gasteiger partial charge in [0.15, 0.2) is 18.1 Å². The second-order valence-corrected chi connectivity index (χ2v) is 6.06. The number of allylic oxidation sites excluding steroid dienone is 1. The summed E-state index contributed by atoms with van der Waals surface area (Å²) in [4.78, 5) is 12.2. The Hall–Kier alpha value is -2.75. The Kier molecular flexibility index (Phi) is 6.63. The summed E-state index contributed by atoms with van der Waals surface area (Å²) < 4.78 is 11.0. The van der Waals surface area contributed by atoms with Gasteiger partial charge in [0.25, 0.3) is 5.91 Å². The molecule has 0 fully saturated rings. The van der Waals surface area contributed by atoms with E-state index in [4.69, 9.17) is 9.47 Å². The van der Waals surface area contributed by atoms with E-state index in [0.29, 0.717) is 17.4 Å². The zero-order valence-corrected chi connectivity index (χ0v) is 15.0. The van der Waals surface area contributed by atoms with Crippen molar-refractivity contribution in [3.63, 3.8) is 0 Å². The van der Waals surface area contributed by atoms with Crippen molar-refractivity contribution in [1.82, 2.24) is 0 Å². The van der Waals surface area contributed by atoms with Crippen molar-refractivity contribution in [3.05, 3.63) is 66.2 Å². The summed E-state index contributed by atoms with van der Waals surface area (Å²) in [7, 11) is 1.58. The predicted molar refractivity (Wildman–Crippen MR) is 102 cm³/mol. The molecule has 0 aliphatic carbocycles. The van der Waals surface area contributed by atoms with Crippen LogP contribution < -0.4 is 14.8 Å². The molecular formula is C21H25NO3. The van der Waals surface area contributed by atoms with Crippen LogP contribution in [0.4, 0.5) is 5.69 Å². The average Bonchev–Trinajstić information content (AvgIpc) is 2.61. The highest BCUT2D eigenvalue weighted by Gasteiger charge is 2.11. The van der Waals surface area contributed by atoms with Crippen LogP contribution in [0.15, 0.2) is 55.1 Å². The van der Waals surface area contributed by atoms with Crippen LogP contribution in [-0.4, -0.2) is 19.6 Å². The first kappa shape index (κ1) is 18.6. The van der Waals surface area contributed by atoms with Gasteiger partial charge in [0.05, 0.1) is 7.11 Å². The van der Waals surface area contributed by atoms with Crippen molar-refractivity contribution in [1.29, 1.82) is 0 Å². The van der Waals surface area contributed by atoms with Gasteiger partial charge in [0, 0.05) is 5.69 Å². The van der Waals surface area contributed by atoms with Gasteiger partial charge in [-0.3, -0.25) is 4.79 Å². The van der Waals surface area contributed by atoms with Crippen molar-refractivity contribution >= 4 is 11.6 Å². The summed E-state index contributed by atoms with van der Waals surface area (Å²) in [5.41, 5.74) is 3.00. The molecular weight excluding hydrogens is 314 g/mol. The third-order valence-electron chi connectivity index (χ3n) is 3.82. The molecule has 0 aliphatic rings. The number of amides is 1. The highest BCUT2D eigenvalue weighted by Crippen LogP contribution is 2.28. The Balaban J connectivity index is 2.02. The molecule has 1 N–H and O–H groups in total. The van der Waals surface area contributed by atoms with Crippen LogP contribution >= 0.6 is 0 Å². The molecule has 0 saturated heterocycles. The summed E-state index contributed by atoms with van der Waals surface area (Å²) >= 11 is 0. The first-order chi connectivity index (χ1) is 12.0. The molecule has 0 saturated carbocycles. The Labute approximate surface area is 149 Å². The smallest absolute Gasteiger partial charge is 0.262 e. The third kappa shape index (κ3) is 5.11. The van der Waals surface area contributed by atoms with E-state index in [0.717, 1.165) is 23.2 Å². The SMILES string of the molecule is C=CCc1ccc(OCC(=O)Nc2ccccc2C(C)C)c(OC)c1. The number of methoxy groups -OCH3 is 1. The molecule has 0 spiro atoms. The second kappa shape index (κ2) is 8.92. The summed E-state index contributed by atoms with van der Waals surface area (Å²) in [5.74, 6) is 1.28. The van der Waals surface area contributed by atoms with E-state index in [1.54, 1.807) is 7.11 Å². The zero-order valence-electron chi connectivity index (χ0n) is 15.0. The van der Waals surface area contributed by atoms with Crippen LogP contribution in [0, 0.1) is 0 Å². The van der Waals surface area contributed by atoms with Gasteiger partial charge in [-0.25, -0.2) is 0 Å². The predicted octanol–water partition coefficient (Wildman–Crippen LogP) is 4.56. The lowest BCUT2D eigenvalue weighted by Gasteiger charge is -2.15. The third-order valence-corrected chi connectivity index (χ3v) is 3.82. The lowest BCUT2D eigenvalue weighted by atomic mass is 10.0. The van der Waals surface area contributed by atoms with Crippen molar-refractivity contribution < 1.29 is 14.3 Å². The number of anilines is 1. The van der Waals surface area contributed by atoms with Crippen molar-refractivity contribution in [2.24, 2.45) is 0 Å². The fourth-order valence-electron chi connectivity index (χ4n) is 2.57. The van der Waals surface area contributed by atoms with Gasteiger partial charge in [-0.1, -0.05) is 44.2 Å². The maximum absolute atomic E-state index is 12.2. The lowest BCUT2D eigenvalue weighted by Crippen LogP contribution is -2.21. The van der Waals surface area contributed by atoms with Gasteiger partial charge in [-0.2, -0.15) is 0 Å². The van der Waals surface area contributed by atoms with Crippen molar-refractivity contribution in [2.45, 2.75) is 26.2 Å². The Morgan fingerprint density at radius 3 is 2.64 bits per heavy atom. The summed E-state index contributed by atoms with van der Waals surface area (Å²) in [6.07, 6.45) is 2.58. The number of carbonyl (C=O) groups is 1. The van der Waals surface area contributed by atoms with Gasteiger partial charge in [-0.15, -0.1) is 6.58 Å². The zero-order chi connectivity index (χ0) is 18.2. The molecule has 4 nitrogen and oxygen atoms in total. The number of carbonyl (C=O) groups excluding carboxylic acids is 1. The number of benzene rings is 2. The molecule has 132 valence electrons. The number of rotatable bonds is 8. The minimum absolute atomic E-state index is 0.0798. The normalized spacial score (nSPS) is 10.4. The van der Waals surface area contributed by atoms with E-state index in [1.165, 1.54) is 0 Å². The molecule has 0 aromatic heterocycles. The molecule has 1 amide bonds. The highest BCUT2D eigenvalue weighted by atomic mass is 16.5. The van der Waals surface area contributed by atoms with Gasteiger partial charge in [0.2, 0.25) is 0 Å². The lowest BCUT2D eigenvalue weighted by molar-refractivity contribution is -0.118.